The Morgan fingerprint density at radius 2 is 1.70 bits per heavy atom. The van der Waals surface area contributed by atoms with Crippen molar-refractivity contribution in [3.8, 4) is 0 Å². The minimum Gasteiger partial charge on any atom is -0.466 e. The molecule has 1 atom stereocenters. The van der Waals surface area contributed by atoms with E-state index < -0.39 is 17.5 Å². The van der Waals surface area contributed by atoms with E-state index in [1.807, 2.05) is 6.08 Å². The Hall–Kier alpha value is -1.62. The molecule has 0 aromatic rings. The van der Waals surface area contributed by atoms with Crippen LogP contribution >= 0.6 is 0 Å². The van der Waals surface area contributed by atoms with Gasteiger partial charge >= 0.3 is 11.9 Å². The molecule has 1 saturated heterocycles. The van der Waals surface area contributed by atoms with Gasteiger partial charge in [0.05, 0.1) is 13.7 Å². The van der Waals surface area contributed by atoms with Crippen LogP contribution in [-0.4, -0.2) is 36.4 Å². The molecule has 1 heterocycles. The summed E-state index contributed by atoms with van der Waals surface area (Å²) >= 11 is 0. The largest absolute Gasteiger partial charge is 0.466 e. The van der Waals surface area contributed by atoms with Crippen molar-refractivity contribution < 1.29 is 24.2 Å². The number of aliphatic hydroxyl groups is 1. The van der Waals surface area contributed by atoms with Gasteiger partial charge in [-0.05, 0) is 18.9 Å². The summed E-state index contributed by atoms with van der Waals surface area (Å²) < 4.78 is 9.84. The van der Waals surface area contributed by atoms with Gasteiger partial charge in [-0.1, -0.05) is 70.8 Å². The Labute approximate surface area is 163 Å². The molecule has 0 unspecified atom stereocenters. The number of ether oxygens (including phenoxy) is 2. The molecule has 0 aliphatic carbocycles. The molecular formula is C22H36O5. The number of esters is 2. The smallest absolute Gasteiger partial charge is 0.334 e. The molecule has 0 aromatic heterocycles. The van der Waals surface area contributed by atoms with Crippen molar-refractivity contribution in [2.45, 2.75) is 89.6 Å². The van der Waals surface area contributed by atoms with Gasteiger partial charge in [0.15, 0.2) is 5.60 Å². The van der Waals surface area contributed by atoms with Gasteiger partial charge in [0.2, 0.25) is 0 Å². The third-order valence-electron chi connectivity index (χ3n) is 4.99. The maximum atomic E-state index is 12.0. The average molecular weight is 381 g/mol. The van der Waals surface area contributed by atoms with Gasteiger partial charge in [0.25, 0.3) is 0 Å². The molecule has 5 nitrogen and oxygen atoms in total. The van der Waals surface area contributed by atoms with Crippen molar-refractivity contribution in [1.82, 2.24) is 0 Å². The standard InChI is InChI=1S/C22H36O5/c1-3-4-5-6-7-8-9-10-11-12-13-14-19-17-22(18-23,27-21(19)25)16-15-20(24)26-2/h14-16,23H,3-13,17-18H2,1-2H3/b16-15+,19-14+/t22-/m1/s1. The molecule has 1 aliphatic rings. The lowest BCUT2D eigenvalue weighted by molar-refractivity contribution is -0.146. The van der Waals surface area contributed by atoms with Crippen LogP contribution in [0.15, 0.2) is 23.8 Å². The monoisotopic (exact) mass is 380 g/mol. The van der Waals surface area contributed by atoms with E-state index in [0.717, 1.165) is 12.8 Å². The highest BCUT2D eigenvalue weighted by atomic mass is 16.6. The van der Waals surface area contributed by atoms with Crippen LogP contribution in [0.2, 0.25) is 0 Å². The fraction of sp³-hybridized carbons (Fsp3) is 0.727. The van der Waals surface area contributed by atoms with Crippen LogP contribution in [0.5, 0.6) is 0 Å². The van der Waals surface area contributed by atoms with Gasteiger partial charge in [-0.3, -0.25) is 0 Å². The zero-order valence-corrected chi connectivity index (χ0v) is 17.0. The lowest BCUT2D eigenvalue weighted by Crippen LogP contribution is -2.30. The zero-order chi connectivity index (χ0) is 20.0. The van der Waals surface area contributed by atoms with Crippen LogP contribution in [0.3, 0.4) is 0 Å². The number of cyclic esters (lactones) is 1. The summed E-state index contributed by atoms with van der Waals surface area (Å²) in [4.78, 5) is 23.3. The van der Waals surface area contributed by atoms with Crippen molar-refractivity contribution in [3.05, 3.63) is 23.8 Å². The van der Waals surface area contributed by atoms with E-state index in [-0.39, 0.29) is 13.0 Å². The molecule has 0 spiro atoms. The van der Waals surface area contributed by atoms with E-state index in [4.69, 9.17) is 4.74 Å². The maximum Gasteiger partial charge on any atom is 0.334 e. The molecule has 1 aliphatic heterocycles. The molecule has 154 valence electrons. The van der Waals surface area contributed by atoms with Gasteiger partial charge in [0, 0.05) is 18.1 Å². The van der Waals surface area contributed by atoms with Crippen molar-refractivity contribution in [1.29, 1.82) is 0 Å². The summed E-state index contributed by atoms with van der Waals surface area (Å²) in [5.41, 5.74) is -0.566. The first-order valence-electron chi connectivity index (χ1n) is 10.4. The van der Waals surface area contributed by atoms with Crippen LogP contribution in [0, 0.1) is 0 Å². The van der Waals surface area contributed by atoms with E-state index >= 15 is 0 Å². The third-order valence-corrected chi connectivity index (χ3v) is 4.99. The normalized spacial score (nSPS) is 21.1. The van der Waals surface area contributed by atoms with Crippen LogP contribution in [-0.2, 0) is 19.1 Å². The molecule has 0 aromatic carbocycles. The minimum absolute atomic E-state index is 0.285. The van der Waals surface area contributed by atoms with E-state index in [1.165, 1.54) is 77.0 Å². The third kappa shape index (κ3) is 9.23. The molecule has 0 amide bonds. The van der Waals surface area contributed by atoms with Gasteiger partial charge in [0.1, 0.15) is 0 Å². The second-order valence-electron chi connectivity index (χ2n) is 7.35. The number of allylic oxidation sites excluding steroid dienone is 1. The van der Waals surface area contributed by atoms with Gasteiger partial charge in [-0.2, -0.15) is 0 Å². The predicted molar refractivity (Wildman–Crippen MR) is 106 cm³/mol. The summed E-state index contributed by atoms with van der Waals surface area (Å²) in [7, 11) is 1.27. The molecule has 27 heavy (non-hydrogen) atoms. The quantitative estimate of drug-likeness (QED) is 0.270. The SMILES string of the molecule is CCCCCCCCCCCC/C=C1\C[C@](/C=C/C(=O)OC)(CO)OC1=O. The fourth-order valence-corrected chi connectivity index (χ4v) is 3.27. The average Bonchev–Trinajstić information content (AvgIpc) is 3.00. The number of carbonyl (C=O) groups is 2. The minimum atomic E-state index is -1.14. The van der Waals surface area contributed by atoms with Crippen LogP contribution in [0.25, 0.3) is 0 Å². The van der Waals surface area contributed by atoms with E-state index in [9.17, 15) is 14.7 Å². The Balaban J connectivity index is 2.25. The molecule has 1 N–H and O–H groups in total. The van der Waals surface area contributed by atoms with Crippen molar-refractivity contribution >= 4 is 11.9 Å². The van der Waals surface area contributed by atoms with Gasteiger partial charge in [-0.15, -0.1) is 0 Å². The molecule has 5 heteroatoms. The van der Waals surface area contributed by atoms with Crippen LogP contribution < -0.4 is 0 Å². The first-order chi connectivity index (χ1) is 13.1. The lowest BCUT2D eigenvalue weighted by atomic mass is 9.97. The molecular weight excluding hydrogens is 344 g/mol. The molecule has 0 saturated carbocycles. The highest BCUT2D eigenvalue weighted by Crippen LogP contribution is 2.32. The molecule has 1 rings (SSSR count). The van der Waals surface area contributed by atoms with E-state index in [2.05, 4.69) is 11.7 Å². The van der Waals surface area contributed by atoms with Gasteiger partial charge < -0.3 is 14.6 Å². The Bertz CT molecular complexity index is 509. The second kappa shape index (κ2) is 13.5. The topological polar surface area (TPSA) is 72.8 Å². The predicted octanol–water partition coefficient (Wildman–Crippen LogP) is 4.63. The number of methoxy groups -OCH3 is 1. The van der Waals surface area contributed by atoms with Crippen molar-refractivity contribution in [3.63, 3.8) is 0 Å². The van der Waals surface area contributed by atoms with E-state index in [0.29, 0.717) is 5.57 Å². The van der Waals surface area contributed by atoms with Crippen LogP contribution in [0.1, 0.15) is 84.0 Å². The van der Waals surface area contributed by atoms with Crippen LogP contribution in [0.4, 0.5) is 0 Å². The number of unbranched alkanes of at least 4 members (excludes halogenated alkanes) is 10. The number of hydrogen-bond acceptors (Lipinski definition) is 5. The molecule has 0 bridgehead atoms. The number of aliphatic hydroxyl groups excluding tert-OH is 1. The zero-order valence-electron chi connectivity index (χ0n) is 17.0. The maximum absolute atomic E-state index is 12.0. The molecule has 1 fully saturated rings. The lowest BCUT2D eigenvalue weighted by Gasteiger charge is -2.19. The summed E-state index contributed by atoms with van der Waals surface area (Å²) in [5.74, 6) is -0.952. The Morgan fingerprint density at radius 3 is 2.26 bits per heavy atom. The summed E-state index contributed by atoms with van der Waals surface area (Å²) in [5, 5.41) is 9.59. The highest BCUT2D eigenvalue weighted by Gasteiger charge is 2.41. The summed E-state index contributed by atoms with van der Waals surface area (Å²) in [6.07, 6.45) is 18.4. The van der Waals surface area contributed by atoms with Crippen molar-refractivity contribution in [2.24, 2.45) is 0 Å². The highest BCUT2D eigenvalue weighted by molar-refractivity contribution is 5.92. The Kier molecular flexibility index (Phi) is 11.7. The summed E-state index contributed by atoms with van der Waals surface area (Å²) in [6, 6.07) is 0. The van der Waals surface area contributed by atoms with Crippen molar-refractivity contribution in [2.75, 3.05) is 13.7 Å². The number of rotatable bonds is 14. The summed E-state index contributed by atoms with van der Waals surface area (Å²) in [6.45, 7) is 1.88. The Morgan fingerprint density at radius 1 is 1.11 bits per heavy atom. The van der Waals surface area contributed by atoms with E-state index in [1.54, 1.807) is 0 Å². The first kappa shape index (κ1) is 23.4. The molecule has 0 radical (unpaired) electrons. The fourth-order valence-electron chi connectivity index (χ4n) is 3.27. The number of hydrogen-bond donors (Lipinski definition) is 1. The number of carbonyl (C=O) groups excluding carboxylic acids is 2. The van der Waals surface area contributed by atoms with Gasteiger partial charge in [-0.25, -0.2) is 9.59 Å². The second-order valence-corrected chi connectivity index (χ2v) is 7.35. The first-order valence-corrected chi connectivity index (χ1v) is 10.4.